The molecule has 0 saturated carbocycles. The number of aromatic nitrogens is 1. The third kappa shape index (κ3) is 4.23. The lowest BCUT2D eigenvalue weighted by atomic mass is 10.2. The number of methoxy groups -OCH3 is 1. The summed E-state index contributed by atoms with van der Waals surface area (Å²) in [6.07, 6.45) is 1.31. The fourth-order valence-corrected chi connectivity index (χ4v) is 3.20. The SMILES string of the molecule is COc1ccc(CN2CCN(c3ncc(C(=O)Nc4ccc(Cl)cc4)o3)C2=O)cc1. The molecular formula is C21H19ClN4O4. The molecule has 3 amide bonds. The van der Waals surface area contributed by atoms with Crippen molar-refractivity contribution in [3.63, 3.8) is 0 Å². The van der Waals surface area contributed by atoms with E-state index in [1.54, 1.807) is 36.3 Å². The van der Waals surface area contributed by atoms with Crippen LogP contribution in [0.5, 0.6) is 5.75 Å². The summed E-state index contributed by atoms with van der Waals surface area (Å²) in [5.41, 5.74) is 1.56. The third-order valence-corrected chi connectivity index (χ3v) is 4.93. The first-order valence-electron chi connectivity index (χ1n) is 9.25. The highest BCUT2D eigenvalue weighted by Crippen LogP contribution is 2.23. The first kappa shape index (κ1) is 19.8. The van der Waals surface area contributed by atoms with Crippen molar-refractivity contribution in [1.82, 2.24) is 9.88 Å². The molecular weight excluding hydrogens is 408 g/mol. The van der Waals surface area contributed by atoms with Crippen molar-refractivity contribution in [2.24, 2.45) is 0 Å². The molecule has 1 fully saturated rings. The van der Waals surface area contributed by atoms with E-state index >= 15 is 0 Å². The molecule has 154 valence electrons. The minimum absolute atomic E-state index is 0.0151. The van der Waals surface area contributed by atoms with Crippen LogP contribution in [0.1, 0.15) is 16.1 Å². The van der Waals surface area contributed by atoms with Crippen LogP contribution in [0, 0.1) is 0 Å². The molecule has 1 saturated heterocycles. The van der Waals surface area contributed by atoms with Gasteiger partial charge in [0.1, 0.15) is 5.75 Å². The van der Waals surface area contributed by atoms with E-state index in [-0.39, 0.29) is 17.8 Å². The third-order valence-electron chi connectivity index (χ3n) is 4.68. The van der Waals surface area contributed by atoms with Crippen LogP contribution >= 0.6 is 11.6 Å². The zero-order valence-electron chi connectivity index (χ0n) is 16.2. The molecule has 1 aromatic heterocycles. The maximum Gasteiger partial charge on any atom is 0.328 e. The van der Waals surface area contributed by atoms with Gasteiger partial charge in [-0.3, -0.25) is 4.79 Å². The van der Waals surface area contributed by atoms with Crippen LogP contribution in [0.25, 0.3) is 0 Å². The fourth-order valence-electron chi connectivity index (χ4n) is 3.08. The molecule has 0 unspecified atom stereocenters. The van der Waals surface area contributed by atoms with Crippen molar-refractivity contribution in [2.75, 3.05) is 30.4 Å². The van der Waals surface area contributed by atoms with E-state index in [0.29, 0.717) is 30.3 Å². The molecule has 30 heavy (non-hydrogen) atoms. The second-order valence-electron chi connectivity index (χ2n) is 6.67. The van der Waals surface area contributed by atoms with Gasteiger partial charge in [-0.1, -0.05) is 23.7 Å². The van der Waals surface area contributed by atoms with E-state index < -0.39 is 5.91 Å². The molecule has 1 N–H and O–H groups in total. The summed E-state index contributed by atoms with van der Waals surface area (Å²) in [6.45, 7) is 1.41. The van der Waals surface area contributed by atoms with Gasteiger partial charge < -0.3 is 19.4 Å². The van der Waals surface area contributed by atoms with Gasteiger partial charge in [-0.05, 0) is 42.0 Å². The summed E-state index contributed by atoms with van der Waals surface area (Å²) in [6, 6.07) is 14.1. The minimum atomic E-state index is -0.460. The second kappa shape index (κ2) is 8.46. The number of nitrogens with one attached hydrogen (secondary N) is 1. The number of benzene rings is 2. The van der Waals surface area contributed by atoms with E-state index in [4.69, 9.17) is 20.8 Å². The van der Waals surface area contributed by atoms with Crippen molar-refractivity contribution < 1.29 is 18.7 Å². The Morgan fingerprint density at radius 1 is 1.17 bits per heavy atom. The first-order valence-corrected chi connectivity index (χ1v) is 9.63. The monoisotopic (exact) mass is 426 g/mol. The molecule has 2 aromatic carbocycles. The van der Waals surface area contributed by atoms with Crippen LogP contribution in [-0.2, 0) is 6.54 Å². The van der Waals surface area contributed by atoms with Gasteiger partial charge in [-0.15, -0.1) is 0 Å². The highest BCUT2D eigenvalue weighted by atomic mass is 35.5. The van der Waals surface area contributed by atoms with Gasteiger partial charge >= 0.3 is 12.0 Å². The number of nitrogens with zero attached hydrogens (tertiary/aromatic N) is 3. The van der Waals surface area contributed by atoms with Crippen molar-refractivity contribution in [2.45, 2.75) is 6.54 Å². The largest absolute Gasteiger partial charge is 0.497 e. The highest BCUT2D eigenvalue weighted by Gasteiger charge is 2.33. The van der Waals surface area contributed by atoms with E-state index in [9.17, 15) is 9.59 Å². The van der Waals surface area contributed by atoms with E-state index in [2.05, 4.69) is 10.3 Å². The number of ether oxygens (including phenoxy) is 1. The maximum absolute atomic E-state index is 12.7. The Balaban J connectivity index is 1.39. The quantitative estimate of drug-likeness (QED) is 0.642. The predicted molar refractivity (Wildman–Crippen MR) is 112 cm³/mol. The van der Waals surface area contributed by atoms with Gasteiger partial charge in [0.25, 0.3) is 5.91 Å². The molecule has 0 spiro atoms. The number of hydrogen-bond acceptors (Lipinski definition) is 5. The maximum atomic E-state index is 12.7. The van der Waals surface area contributed by atoms with Gasteiger partial charge in [-0.25, -0.2) is 14.7 Å². The van der Waals surface area contributed by atoms with Crippen LogP contribution in [0.15, 0.2) is 59.1 Å². The Hall–Kier alpha value is -3.52. The number of urea groups is 1. The Bertz CT molecular complexity index is 1050. The number of rotatable bonds is 6. The van der Waals surface area contributed by atoms with Crippen LogP contribution in [0.2, 0.25) is 5.02 Å². The normalized spacial score (nSPS) is 13.6. The zero-order chi connectivity index (χ0) is 21.1. The molecule has 8 nitrogen and oxygen atoms in total. The molecule has 2 heterocycles. The fraction of sp³-hybridized carbons (Fsp3) is 0.190. The number of amides is 3. The number of carbonyl (C=O) groups is 2. The minimum Gasteiger partial charge on any atom is -0.497 e. The van der Waals surface area contributed by atoms with Crippen LogP contribution < -0.4 is 15.0 Å². The average Bonchev–Trinajstić information content (AvgIpc) is 3.38. The van der Waals surface area contributed by atoms with Crippen LogP contribution in [-0.4, -0.2) is 42.0 Å². The Kier molecular flexibility index (Phi) is 5.58. The average molecular weight is 427 g/mol. The summed E-state index contributed by atoms with van der Waals surface area (Å²) in [7, 11) is 1.61. The summed E-state index contributed by atoms with van der Waals surface area (Å²) < 4.78 is 10.7. The van der Waals surface area contributed by atoms with E-state index in [1.165, 1.54) is 11.1 Å². The number of anilines is 2. The summed E-state index contributed by atoms with van der Waals surface area (Å²) in [5.74, 6) is 0.316. The molecule has 0 bridgehead atoms. The summed E-state index contributed by atoms with van der Waals surface area (Å²) in [5, 5.41) is 3.27. The van der Waals surface area contributed by atoms with Crippen molar-refractivity contribution in [1.29, 1.82) is 0 Å². The van der Waals surface area contributed by atoms with Crippen molar-refractivity contribution >= 4 is 35.2 Å². The number of oxazole rings is 1. The lowest BCUT2D eigenvalue weighted by Crippen LogP contribution is -2.31. The number of carbonyl (C=O) groups excluding carboxylic acids is 2. The van der Waals surface area contributed by atoms with Gasteiger partial charge in [-0.2, -0.15) is 0 Å². The molecule has 0 radical (unpaired) electrons. The predicted octanol–water partition coefficient (Wildman–Crippen LogP) is 4.03. The Morgan fingerprint density at radius 2 is 1.90 bits per heavy atom. The summed E-state index contributed by atoms with van der Waals surface area (Å²) >= 11 is 5.84. The van der Waals surface area contributed by atoms with E-state index in [0.717, 1.165) is 11.3 Å². The zero-order valence-corrected chi connectivity index (χ0v) is 16.9. The van der Waals surface area contributed by atoms with E-state index in [1.807, 2.05) is 24.3 Å². The standard InChI is InChI=1S/C21H19ClN4O4/c1-29-17-8-2-14(3-9-17)13-25-10-11-26(21(25)28)20-23-12-18(30-20)19(27)24-16-6-4-15(22)5-7-16/h2-9,12H,10-11,13H2,1H3,(H,24,27). The summed E-state index contributed by atoms with van der Waals surface area (Å²) in [4.78, 5) is 32.3. The number of halogens is 1. The van der Waals surface area contributed by atoms with Crippen molar-refractivity contribution in [3.8, 4) is 5.75 Å². The molecule has 1 aliphatic heterocycles. The molecule has 3 aromatic rings. The number of hydrogen-bond donors (Lipinski definition) is 1. The lowest BCUT2D eigenvalue weighted by molar-refractivity contribution is 0.0997. The molecule has 0 aliphatic carbocycles. The molecule has 4 rings (SSSR count). The topological polar surface area (TPSA) is 87.9 Å². The Labute approximate surface area is 178 Å². The van der Waals surface area contributed by atoms with Crippen LogP contribution in [0.3, 0.4) is 0 Å². The second-order valence-corrected chi connectivity index (χ2v) is 7.11. The molecule has 0 atom stereocenters. The van der Waals surface area contributed by atoms with Gasteiger partial charge in [0.15, 0.2) is 0 Å². The van der Waals surface area contributed by atoms with Gasteiger partial charge in [0.2, 0.25) is 5.76 Å². The smallest absolute Gasteiger partial charge is 0.328 e. The highest BCUT2D eigenvalue weighted by molar-refractivity contribution is 6.30. The van der Waals surface area contributed by atoms with Crippen molar-refractivity contribution in [3.05, 3.63) is 71.1 Å². The molecule has 9 heteroatoms. The van der Waals surface area contributed by atoms with Gasteiger partial charge in [0, 0.05) is 30.3 Å². The Morgan fingerprint density at radius 3 is 2.60 bits per heavy atom. The lowest BCUT2D eigenvalue weighted by Gasteiger charge is -2.16. The van der Waals surface area contributed by atoms with Gasteiger partial charge in [0.05, 0.1) is 13.3 Å². The molecule has 1 aliphatic rings. The van der Waals surface area contributed by atoms with Crippen LogP contribution in [0.4, 0.5) is 16.5 Å². The first-order chi connectivity index (χ1) is 14.5.